The number of fused-ring (bicyclic) bond motifs is 3. The zero-order valence-corrected chi connectivity index (χ0v) is 12.0. The third-order valence-corrected chi connectivity index (χ3v) is 5.02. The van der Waals surface area contributed by atoms with E-state index in [0.717, 1.165) is 29.1 Å². The van der Waals surface area contributed by atoms with Gasteiger partial charge in [-0.3, -0.25) is 9.38 Å². The third-order valence-electron chi connectivity index (χ3n) is 3.88. The van der Waals surface area contributed by atoms with E-state index in [1.807, 2.05) is 23.6 Å². The van der Waals surface area contributed by atoms with Gasteiger partial charge in [-0.05, 0) is 37.9 Å². The first-order valence-corrected chi connectivity index (χ1v) is 7.82. The van der Waals surface area contributed by atoms with Gasteiger partial charge in [0.2, 0.25) is 0 Å². The lowest BCUT2D eigenvalue weighted by atomic mass is 10.1. The molecule has 0 spiro atoms. The molecule has 0 saturated heterocycles. The molecule has 0 unspecified atom stereocenters. The number of rotatable bonds is 3. The molecule has 0 saturated carbocycles. The molecule has 3 aromatic rings. The maximum Gasteiger partial charge on any atom is 0.194 e. The van der Waals surface area contributed by atoms with E-state index in [0.29, 0.717) is 6.54 Å². The van der Waals surface area contributed by atoms with Crippen LogP contribution in [0.1, 0.15) is 22.7 Å². The van der Waals surface area contributed by atoms with Crippen LogP contribution in [0.15, 0.2) is 24.5 Å². The Labute approximate surface area is 121 Å². The van der Waals surface area contributed by atoms with E-state index in [1.165, 1.54) is 29.1 Å². The first-order valence-electron chi connectivity index (χ1n) is 7.01. The summed E-state index contributed by atoms with van der Waals surface area (Å²) < 4.78 is 2.35. The number of nitrogens with two attached hydrogens (primary N) is 1. The van der Waals surface area contributed by atoms with Crippen molar-refractivity contribution in [2.75, 3.05) is 6.54 Å². The fraction of sp³-hybridized carbons (Fsp3) is 0.333. The molecule has 0 amide bonds. The Morgan fingerprint density at radius 3 is 3.10 bits per heavy atom. The molecule has 0 aliphatic heterocycles. The quantitative estimate of drug-likeness (QED) is 0.803. The predicted molar refractivity (Wildman–Crippen MR) is 81.1 cm³/mol. The highest BCUT2D eigenvalue weighted by Gasteiger charge is 2.23. The molecular weight excluding hydrogens is 268 g/mol. The zero-order chi connectivity index (χ0) is 13.5. The van der Waals surface area contributed by atoms with Gasteiger partial charge < -0.3 is 5.73 Å². The van der Waals surface area contributed by atoms with Crippen molar-refractivity contribution in [1.82, 2.24) is 14.4 Å². The Hall–Kier alpha value is -1.72. The minimum absolute atomic E-state index is 0.645. The Morgan fingerprint density at radius 1 is 1.35 bits per heavy atom. The number of aryl methyl sites for hydroxylation is 2. The van der Waals surface area contributed by atoms with Crippen LogP contribution in [0.4, 0.5) is 0 Å². The molecule has 4 rings (SSSR count). The molecule has 3 heterocycles. The van der Waals surface area contributed by atoms with Crippen molar-refractivity contribution in [2.45, 2.75) is 25.7 Å². The second kappa shape index (κ2) is 4.68. The van der Waals surface area contributed by atoms with Gasteiger partial charge in [-0.1, -0.05) is 0 Å². The summed E-state index contributed by atoms with van der Waals surface area (Å²) in [5.74, 6) is 0. The molecule has 1 aliphatic carbocycles. The van der Waals surface area contributed by atoms with Crippen molar-refractivity contribution in [3.05, 3.63) is 40.8 Å². The van der Waals surface area contributed by atoms with Crippen LogP contribution in [-0.2, 0) is 19.3 Å². The second-order valence-corrected chi connectivity index (χ2v) is 6.19. The van der Waals surface area contributed by atoms with Crippen LogP contribution in [0.25, 0.3) is 16.2 Å². The predicted octanol–water partition coefficient (Wildman–Crippen LogP) is 2.45. The molecule has 102 valence electrons. The summed E-state index contributed by atoms with van der Waals surface area (Å²) >= 11 is 1.83. The van der Waals surface area contributed by atoms with Gasteiger partial charge in [0.05, 0.1) is 11.4 Å². The molecule has 0 aromatic carbocycles. The molecule has 1 aliphatic rings. The number of imidazole rings is 1. The van der Waals surface area contributed by atoms with E-state index >= 15 is 0 Å². The normalized spacial score (nSPS) is 14.1. The standard InChI is InChI=1S/C15H16N4S/c16-7-6-12-14(10-3-2-8-17-9-10)18-15-19(12)11-4-1-5-13(11)20-15/h2-3,8-9H,1,4-7,16H2. The van der Waals surface area contributed by atoms with Gasteiger partial charge >= 0.3 is 0 Å². The highest BCUT2D eigenvalue weighted by atomic mass is 32.1. The number of hydrogen-bond donors (Lipinski definition) is 1. The molecule has 0 radical (unpaired) electrons. The summed E-state index contributed by atoms with van der Waals surface area (Å²) in [4.78, 5) is 11.7. The Balaban J connectivity index is 1.97. The molecule has 0 bridgehead atoms. The van der Waals surface area contributed by atoms with Crippen molar-refractivity contribution < 1.29 is 0 Å². The minimum atomic E-state index is 0.645. The topological polar surface area (TPSA) is 56.2 Å². The molecule has 4 nitrogen and oxygen atoms in total. The molecule has 20 heavy (non-hydrogen) atoms. The lowest BCUT2D eigenvalue weighted by molar-refractivity contribution is 0.853. The van der Waals surface area contributed by atoms with E-state index in [2.05, 4.69) is 15.5 Å². The zero-order valence-electron chi connectivity index (χ0n) is 11.2. The first-order chi connectivity index (χ1) is 9.88. The van der Waals surface area contributed by atoms with Gasteiger partial charge in [0, 0.05) is 34.9 Å². The lowest BCUT2D eigenvalue weighted by Gasteiger charge is -2.04. The van der Waals surface area contributed by atoms with Crippen LogP contribution < -0.4 is 5.73 Å². The molecule has 0 atom stereocenters. The Kier molecular flexibility index (Phi) is 2.82. The highest BCUT2D eigenvalue weighted by molar-refractivity contribution is 7.17. The second-order valence-electron chi connectivity index (χ2n) is 5.13. The molecule has 0 fully saturated rings. The van der Waals surface area contributed by atoms with Crippen molar-refractivity contribution >= 4 is 16.3 Å². The average Bonchev–Trinajstić information content (AvgIpc) is 3.12. The van der Waals surface area contributed by atoms with Crippen LogP contribution in [0.5, 0.6) is 0 Å². The largest absolute Gasteiger partial charge is 0.330 e. The van der Waals surface area contributed by atoms with Gasteiger partial charge in [0.15, 0.2) is 4.96 Å². The maximum absolute atomic E-state index is 5.82. The Bertz CT molecular complexity index is 757. The van der Waals surface area contributed by atoms with Crippen LogP contribution in [-0.4, -0.2) is 20.9 Å². The summed E-state index contributed by atoms with van der Waals surface area (Å²) in [5, 5.41) is 0. The summed E-state index contributed by atoms with van der Waals surface area (Å²) in [5.41, 5.74) is 10.6. The third kappa shape index (κ3) is 1.70. The summed E-state index contributed by atoms with van der Waals surface area (Å²) in [6.07, 6.45) is 8.16. The first kappa shape index (κ1) is 12.1. The van der Waals surface area contributed by atoms with Crippen LogP contribution in [0.2, 0.25) is 0 Å². The van der Waals surface area contributed by atoms with Crippen molar-refractivity contribution in [3.63, 3.8) is 0 Å². The van der Waals surface area contributed by atoms with E-state index in [-0.39, 0.29) is 0 Å². The SMILES string of the molecule is NCCc1c(-c2cccnc2)nc2sc3c(n12)CCC3. The molecular formula is C15H16N4S. The van der Waals surface area contributed by atoms with E-state index < -0.39 is 0 Å². The van der Waals surface area contributed by atoms with Crippen molar-refractivity contribution in [3.8, 4) is 11.3 Å². The minimum Gasteiger partial charge on any atom is -0.330 e. The summed E-state index contributed by atoms with van der Waals surface area (Å²) in [7, 11) is 0. The summed E-state index contributed by atoms with van der Waals surface area (Å²) in [6.45, 7) is 0.645. The number of aromatic nitrogens is 3. The van der Waals surface area contributed by atoms with Crippen molar-refractivity contribution in [2.24, 2.45) is 5.73 Å². The molecule has 2 N–H and O–H groups in total. The van der Waals surface area contributed by atoms with Gasteiger partial charge in [-0.25, -0.2) is 4.98 Å². The average molecular weight is 284 g/mol. The van der Waals surface area contributed by atoms with Crippen LogP contribution in [0, 0.1) is 0 Å². The van der Waals surface area contributed by atoms with Gasteiger partial charge in [0.1, 0.15) is 0 Å². The fourth-order valence-corrected chi connectivity index (χ4v) is 4.26. The van der Waals surface area contributed by atoms with Gasteiger partial charge in [0.25, 0.3) is 0 Å². The smallest absolute Gasteiger partial charge is 0.194 e. The highest BCUT2D eigenvalue weighted by Crippen LogP contribution is 2.35. The number of hydrogen-bond acceptors (Lipinski definition) is 4. The van der Waals surface area contributed by atoms with Crippen LogP contribution in [0.3, 0.4) is 0 Å². The van der Waals surface area contributed by atoms with E-state index in [4.69, 9.17) is 10.7 Å². The number of nitrogens with zero attached hydrogens (tertiary/aromatic N) is 3. The maximum atomic E-state index is 5.82. The van der Waals surface area contributed by atoms with Gasteiger partial charge in [-0.15, -0.1) is 11.3 Å². The van der Waals surface area contributed by atoms with Gasteiger partial charge in [-0.2, -0.15) is 0 Å². The monoisotopic (exact) mass is 284 g/mol. The van der Waals surface area contributed by atoms with E-state index in [9.17, 15) is 0 Å². The van der Waals surface area contributed by atoms with E-state index in [1.54, 1.807) is 6.20 Å². The number of thiazole rings is 1. The molecule has 5 heteroatoms. The van der Waals surface area contributed by atoms with Crippen molar-refractivity contribution in [1.29, 1.82) is 0 Å². The lowest BCUT2D eigenvalue weighted by Crippen LogP contribution is -2.07. The number of pyridine rings is 1. The molecule has 3 aromatic heterocycles. The summed E-state index contributed by atoms with van der Waals surface area (Å²) in [6, 6.07) is 4.03. The fourth-order valence-electron chi connectivity index (χ4n) is 3.04. The Morgan fingerprint density at radius 2 is 2.30 bits per heavy atom. The van der Waals surface area contributed by atoms with Crippen LogP contribution >= 0.6 is 11.3 Å².